The van der Waals surface area contributed by atoms with Crippen LogP contribution in [0, 0.1) is 6.92 Å². The van der Waals surface area contributed by atoms with Gasteiger partial charge in [0, 0.05) is 38.6 Å². The van der Waals surface area contributed by atoms with Crippen molar-refractivity contribution in [3.05, 3.63) is 35.4 Å². The second-order valence-corrected chi connectivity index (χ2v) is 7.81. The number of likely N-dealkylation sites (tertiary alicyclic amines) is 1. The predicted molar refractivity (Wildman–Crippen MR) is 98.3 cm³/mol. The van der Waals surface area contributed by atoms with Crippen LogP contribution in [0.3, 0.4) is 0 Å². The first-order chi connectivity index (χ1) is 11.9. The van der Waals surface area contributed by atoms with Crippen LogP contribution in [0.15, 0.2) is 24.3 Å². The molecule has 0 aromatic heterocycles. The van der Waals surface area contributed by atoms with Crippen LogP contribution in [0.4, 0.5) is 0 Å². The zero-order chi connectivity index (χ0) is 18.0. The van der Waals surface area contributed by atoms with Crippen LogP contribution in [-0.4, -0.2) is 59.4 Å². The Morgan fingerprint density at radius 2 is 2.00 bits per heavy atom. The molecule has 1 aromatic rings. The maximum Gasteiger partial charge on any atom is 0.227 e. The SMILES string of the molecule is Cc1ccccc1CC(=O)N1CCC2(C1)CN(C(C)C)CCC(=O)N2. The maximum absolute atomic E-state index is 12.8. The molecule has 136 valence electrons. The van der Waals surface area contributed by atoms with Crippen LogP contribution in [-0.2, 0) is 16.0 Å². The van der Waals surface area contributed by atoms with E-state index in [-0.39, 0.29) is 17.4 Å². The lowest BCUT2D eigenvalue weighted by atomic mass is 9.97. The van der Waals surface area contributed by atoms with Gasteiger partial charge in [0.2, 0.25) is 11.8 Å². The van der Waals surface area contributed by atoms with Gasteiger partial charge in [-0.05, 0) is 38.3 Å². The van der Waals surface area contributed by atoms with E-state index in [0.717, 1.165) is 37.2 Å². The standard InChI is InChI=1S/C20H29N3O2/c1-15(2)22-10-8-18(24)21-20(13-22)9-11-23(14-20)19(25)12-17-7-5-4-6-16(17)3/h4-7,15H,8-14H2,1-3H3,(H,21,24). The summed E-state index contributed by atoms with van der Waals surface area (Å²) >= 11 is 0. The highest BCUT2D eigenvalue weighted by Gasteiger charge is 2.43. The number of hydrogen-bond donors (Lipinski definition) is 1. The number of carbonyl (C=O) groups excluding carboxylic acids is 2. The molecular weight excluding hydrogens is 314 g/mol. The van der Waals surface area contributed by atoms with Crippen LogP contribution in [0.25, 0.3) is 0 Å². The van der Waals surface area contributed by atoms with E-state index < -0.39 is 0 Å². The Labute approximate surface area is 150 Å². The van der Waals surface area contributed by atoms with Gasteiger partial charge in [-0.25, -0.2) is 0 Å². The molecule has 2 saturated heterocycles. The van der Waals surface area contributed by atoms with Crippen molar-refractivity contribution in [1.29, 1.82) is 0 Å². The first-order valence-corrected chi connectivity index (χ1v) is 9.26. The van der Waals surface area contributed by atoms with Gasteiger partial charge >= 0.3 is 0 Å². The van der Waals surface area contributed by atoms with Gasteiger partial charge in [0.25, 0.3) is 0 Å². The average molecular weight is 343 g/mol. The fourth-order valence-electron chi connectivity index (χ4n) is 3.95. The second-order valence-electron chi connectivity index (χ2n) is 7.81. The number of aryl methyl sites for hydroxylation is 1. The van der Waals surface area contributed by atoms with E-state index in [2.05, 4.69) is 24.1 Å². The van der Waals surface area contributed by atoms with Gasteiger partial charge in [-0.15, -0.1) is 0 Å². The van der Waals surface area contributed by atoms with Gasteiger partial charge < -0.3 is 10.2 Å². The minimum absolute atomic E-state index is 0.108. The summed E-state index contributed by atoms with van der Waals surface area (Å²) in [4.78, 5) is 29.2. The molecule has 1 atom stereocenters. The zero-order valence-corrected chi connectivity index (χ0v) is 15.5. The summed E-state index contributed by atoms with van der Waals surface area (Å²) in [7, 11) is 0. The van der Waals surface area contributed by atoms with E-state index in [1.807, 2.05) is 36.1 Å². The topological polar surface area (TPSA) is 52.7 Å². The first kappa shape index (κ1) is 17.9. The fraction of sp³-hybridized carbons (Fsp3) is 0.600. The van der Waals surface area contributed by atoms with E-state index in [9.17, 15) is 9.59 Å². The number of amides is 2. The lowest BCUT2D eigenvalue weighted by Gasteiger charge is -2.35. The molecule has 0 saturated carbocycles. The highest BCUT2D eigenvalue weighted by atomic mass is 16.2. The Kier molecular flexibility index (Phi) is 5.13. The second kappa shape index (κ2) is 7.16. The highest BCUT2D eigenvalue weighted by Crippen LogP contribution is 2.26. The van der Waals surface area contributed by atoms with Crippen LogP contribution < -0.4 is 5.32 Å². The number of nitrogens with zero attached hydrogens (tertiary/aromatic N) is 2. The molecule has 0 bridgehead atoms. The Morgan fingerprint density at radius 3 is 2.72 bits per heavy atom. The molecule has 5 nitrogen and oxygen atoms in total. The van der Waals surface area contributed by atoms with E-state index in [1.165, 1.54) is 0 Å². The molecule has 1 N–H and O–H groups in total. The molecule has 0 radical (unpaired) electrons. The van der Waals surface area contributed by atoms with Gasteiger partial charge in [0.05, 0.1) is 12.0 Å². The van der Waals surface area contributed by atoms with E-state index in [0.29, 0.717) is 25.4 Å². The lowest BCUT2D eigenvalue weighted by molar-refractivity contribution is -0.130. The Hall–Kier alpha value is -1.88. The number of carbonyl (C=O) groups is 2. The van der Waals surface area contributed by atoms with Crippen LogP contribution in [0.2, 0.25) is 0 Å². The van der Waals surface area contributed by atoms with Crippen molar-refractivity contribution in [2.24, 2.45) is 0 Å². The molecule has 1 unspecified atom stereocenters. The fourth-order valence-corrected chi connectivity index (χ4v) is 3.95. The molecule has 3 rings (SSSR count). The summed E-state index contributed by atoms with van der Waals surface area (Å²) in [5.41, 5.74) is 1.94. The van der Waals surface area contributed by atoms with Gasteiger partial charge in [0.1, 0.15) is 0 Å². The molecule has 1 aromatic carbocycles. The van der Waals surface area contributed by atoms with Gasteiger partial charge in [-0.1, -0.05) is 24.3 Å². The Balaban J connectivity index is 1.69. The van der Waals surface area contributed by atoms with Crippen molar-refractivity contribution in [3.8, 4) is 0 Å². The number of benzene rings is 1. The molecule has 2 aliphatic rings. The van der Waals surface area contributed by atoms with Crippen molar-refractivity contribution >= 4 is 11.8 Å². The van der Waals surface area contributed by atoms with Crippen molar-refractivity contribution < 1.29 is 9.59 Å². The highest BCUT2D eigenvalue weighted by molar-refractivity contribution is 5.81. The average Bonchev–Trinajstić information content (AvgIpc) is 2.88. The van der Waals surface area contributed by atoms with Crippen LogP contribution in [0.5, 0.6) is 0 Å². The summed E-state index contributed by atoms with van der Waals surface area (Å²) in [6, 6.07) is 8.44. The van der Waals surface area contributed by atoms with E-state index in [1.54, 1.807) is 0 Å². The summed E-state index contributed by atoms with van der Waals surface area (Å²) in [5.74, 6) is 0.261. The van der Waals surface area contributed by atoms with Gasteiger partial charge in [-0.2, -0.15) is 0 Å². The normalized spacial score (nSPS) is 24.6. The monoisotopic (exact) mass is 343 g/mol. The summed E-state index contributed by atoms with van der Waals surface area (Å²) in [6.45, 7) is 9.33. The van der Waals surface area contributed by atoms with Crippen molar-refractivity contribution in [3.63, 3.8) is 0 Å². The lowest BCUT2D eigenvalue weighted by Crippen LogP contribution is -2.56. The molecule has 2 aliphatic heterocycles. The molecule has 1 spiro atoms. The molecule has 2 amide bonds. The smallest absolute Gasteiger partial charge is 0.227 e. The zero-order valence-electron chi connectivity index (χ0n) is 15.5. The van der Waals surface area contributed by atoms with Crippen LogP contribution in [0.1, 0.15) is 37.8 Å². The maximum atomic E-state index is 12.8. The summed E-state index contributed by atoms with van der Waals surface area (Å²) < 4.78 is 0. The predicted octanol–water partition coefficient (Wildman–Crippen LogP) is 1.74. The minimum Gasteiger partial charge on any atom is -0.347 e. The summed E-state index contributed by atoms with van der Waals surface area (Å²) in [6.07, 6.45) is 1.81. The summed E-state index contributed by atoms with van der Waals surface area (Å²) in [5, 5.41) is 3.22. The third-order valence-electron chi connectivity index (χ3n) is 5.58. The van der Waals surface area contributed by atoms with Crippen molar-refractivity contribution in [2.45, 2.75) is 51.6 Å². The van der Waals surface area contributed by atoms with Gasteiger partial charge in [-0.3, -0.25) is 14.5 Å². The molecule has 5 heteroatoms. The molecular formula is C20H29N3O2. The Morgan fingerprint density at radius 1 is 1.24 bits per heavy atom. The Bertz CT molecular complexity index is 658. The van der Waals surface area contributed by atoms with Crippen LogP contribution >= 0.6 is 0 Å². The van der Waals surface area contributed by atoms with Crippen molar-refractivity contribution in [1.82, 2.24) is 15.1 Å². The van der Waals surface area contributed by atoms with Crippen molar-refractivity contribution in [2.75, 3.05) is 26.2 Å². The number of rotatable bonds is 3. The van der Waals surface area contributed by atoms with E-state index >= 15 is 0 Å². The third-order valence-corrected chi connectivity index (χ3v) is 5.58. The molecule has 2 fully saturated rings. The first-order valence-electron chi connectivity index (χ1n) is 9.26. The molecule has 25 heavy (non-hydrogen) atoms. The third kappa shape index (κ3) is 4.03. The van der Waals surface area contributed by atoms with Gasteiger partial charge in [0.15, 0.2) is 0 Å². The number of nitrogens with one attached hydrogen (secondary N) is 1. The molecule has 2 heterocycles. The van der Waals surface area contributed by atoms with E-state index in [4.69, 9.17) is 0 Å². The molecule has 0 aliphatic carbocycles. The number of hydrogen-bond acceptors (Lipinski definition) is 3. The minimum atomic E-state index is -0.292. The largest absolute Gasteiger partial charge is 0.347 e. The quantitative estimate of drug-likeness (QED) is 0.909.